The summed E-state index contributed by atoms with van der Waals surface area (Å²) in [5.41, 5.74) is 0.640. The van der Waals surface area contributed by atoms with E-state index >= 15 is 0 Å². The molecule has 0 bridgehead atoms. The first-order valence-electron chi connectivity index (χ1n) is 3.79. The van der Waals surface area contributed by atoms with Crippen molar-refractivity contribution >= 4 is 10.4 Å². The molecule has 9 heavy (non-hydrogen) atoms. The van der Waals surface area contributed by atoms with E-state index in [1.54, 1.807) is 0 Å². The van der Waals surface area contributed by atoms with E-state index in [0.717, 1.165) is 0 Å². The summed E-state index contributed by atoms with van der Waals surface area (Å²) in [5.74, 6) is 0. The number of nitrogens with zero attached hydrogens (tertiary/aromatic N) is 1. The molecule has 1 rings (SSSR count). The molecule has 0 N–H and O–H groups in total. The van der Waals surface area contributed by atoms with Gasteiger partial charge in [-0.25, -0.2) is 0 Å². The Morgan fingerprint density at radius 2 is 1.67 bits per heavy atom. The Hall–Kier alpha value is 0.177. The summed E-state index contributed by atoms with van der Waals surface area (Å²) in [6.07, 6.45) is 2.80. The fraction of sp³-hybridized carbons (Fsp3) is 1.00. The Bertz CT molecular complexity index is 91.1. The summed E-state index contributed by atoms with van der Waals surface area (Å²) in [7, 11) is 1.26. The fourth-order valence-corrected chi connectivity index (χ4v) is 1.67. The van der Waals surface area contributed by atoms with Crippen molar-refractivity contribution in [3.05, 3.63) is 0 Å². The van der Waals surface area contributed by atoms with Gasteiger partial charge in [0, 0.05) is 0 Å². The summed E-state index contributed by atoms with van der Waals surface area (Å²) in [4.78, 5) is 0. The average molecular weight is 143 g/mol. The SMILES string of the molecule is CC1(C)CCN([SiH3])CC1. The minimum atomic E-state index is 0.640. The van der Waals surface area contributed by atoms with Crippen molar-refractivity contribution in [2.24, 2.45) is 5.41 Å². The van der Waals surface area contributed by atoms with E-state index in [4.69, 9.17) is 0 Å². The lowest BCUT2D eigenvalue weighted by Crippen LogP contribution is -2.35. The maximum absolute atomic E-state index is 2.55. The van der Waals surface area contributed by atoms with E-state index < -0.39 is 0 Å². The van der Waals surface area contributed by atoms with Crippen LogP contribution in [0.3, 0.4) is 0 Å². The molecular formula is C7H17NSi. The highest BCUT2D eigenvalue weighted by atomic mass is 28.2. The zero-order chi connectivity index (χ0) is 6.91. The molecule has 1 fully saturated rings. The first-order chi connectivity index (χ1) is 4.10. The summed E-state index contributed by atoms with van der Waals surface area (Å²) in [5, 5.41) is 0. The summed E-state index contributed by atoms with van der Waals surface area (Å²) in [6, 6.07) is 0. The van der Waals surface area contributed by atoms with Gasteiger partial charge in [-0.1, -0.05) is 13.8 Å². The molecule has 0 aliphatic carbocycles. The number of rotatable bonds is 0. The average Bonchev–Trinajstić information content (AvgIpc) is 1.78. The molecule has 0 saturated carbocycles. The van der Waals surface area contributed by atoms with Crippen molar-refractivity contribution in [3.8, 4) is 0 Å². The van der Waals surface area contributed by atoms with Crippen molar-refractivity contribution in [2.45, 2.75) is 26.7 Å². The maximum atomic E-state index is 2.55. The standard InChI is InChI=1S/C7H17NSi/c1-7(2)3-5-8(9)6-4-7/h3-6H2,1-2,9H3. The van der Waals surface area contributed by atoms with E-state index in [1.807, 2.05) is 0 Å². The molecule has 2 heteroatoms. The third-order valence-electron chi connectivity index (χ3n) is 2.34. The fourth-order valence-electron chi connectivity index (χ4n) is 1.22. The topological polar surface area (TPSA) is 3.24 Å². The van der Waals surface area contributed by atoms with Crippen LogP contribution in [-0.4, -0.2) is 28.1 Å². The van der Waals surface area contributed by atoms with Gasteiger partial charge in [0.2, 0.25) is 0 Å². The molecule has 0 aromatic heterocycles. The quantitative estimate of drug-likeness (QED) is 0.443. The van der Waals surface area contributed by atoms with Crippen molar-refractivity contribution in [3.63, 3.8) is 0 Å². The smallest absolute Gasteiger partial charge is 0.0784 e. The lowest BCUT2D eigenvalue weighted by Gasteiger charge is -2.34. The van der Waals surface area contributed by atoms with Gasteiger partial charge in [0.05, 0.1) is 10.4 Å². The highest BCUT2D eigenvalue weighted by molar-refractivity contribution is 6.04. The van der Waals surface area contributed by atoms with E-state index in [1.165, 1.54) is 36.3 Å². The van der Waals surface area contributed by atoms with Crippen molar-refractivity contribution in [1.82, 2.24) is 4.57 Å². The lowest BCUT2D eigenvalue weighted by atomic mass is 9.83. The Morgan fingerprint density at radius 3 is 2.00 bits per heavy atom. The molecule has 0 unspecified atom stereocenters. The van der Waals surface area contributed by atoms with Crippen LogP contribution >= 0.6 is 0 Å². The van der Waals surface area contributed by atoms with Crippen molar-refractivity contribution in [1.29, 1.82) is 0 Å². The number of hydrogen-bond acceptors (Lipinski definition) is 1. The monoisotopic (exact) mass is 143 g/mol. The van der Waals surface area contributed by atoms with Crippen LogP contribution in [0.15, 0.2) is 0 Å². The third-order valence-corrected chi connectivity index (χ3v) is 3.24. The summed E-state index contributed by atoms with van der Waals surface area (Å²) >= 11 is 0. The third kappa shape index (κ3) is 2.10. The first kappa shape index (κ1) is 7.29. The minimum Gasteiger partial charge on any atom is -0.332 e. The molecule has 1 aliphatic rings. The van der Waals surface area contributed by atoms with Gasteiger partial charge < -0.3 is 4.57 Å². The summed E-state index contributed by atoms with van der Waals surface area (Å²) < 4.78 is 2.55. The number of piperidine rings is 1. The summed E-state index contributed by atoms with van der Waals surface area (Å²) in [6.45, 7) is 7.45. The highest BCUT2D eigenvalue weighted by Crippen LogP contribution is 2.28. The largest absolute Gasteiger partial charge is 0.332 e. The molecule has 0 atom stereocenters. The van der Waals surface area contributed by atoms with E-state index in [9.17, 15) is 0 Å². The molecule has 0 aromatic carbocycles. The zero-order valence-electron chi connectivity index (χ0n) is 6.78. The Labute approximate surface area is 60.9 Å². The van der Waals surface area contributed by atoms with Gasteiger partial charge >= 0.3 is 0 Å². The Balaban J connectivity index is 2.35. The molecule has 0 radical (unpaired) electrons. The van der Waals surface area contributed by atoms with Crippen LogP contribution in [-0.2, 0) is 0 Å². The van der Waals surface area contributed by atoms with Gasteiger partial charge in [0.15, 0.2) is 0 Å². The van der Waals surface area contributed by atoms with Crippen molar-refractivity contribution in [2.75, 3.05) is 13.1 Å². The predicted molar refractivity (Wildman–Crippen MR) is 44.5 cm³/mol. The minimum absolute atomic E-state index is 0.640. The molecule has 0 aromatic rings. The van der Waals surface area contributed by atoms with Gasteiger partial charge in [-0.2, -0.15) is 0 Å². The second-order valence-electron chi connectivity index (χ2n) is 3.97. The van der Waals surface area contributed by atoms with Crippen LogP contribution in [0.4, 0.5) is 0 Å². The van der Waals surface area contributed by atoms with Gasteiger partial charge in [-0.3, -0.25) is 0 Å². The Kier molecular flexibility index (Phi) is 1.96. The molecule has 54 valence electrons. The molecule has 1 heterocycles. The lowest BCUT2D eigenvalue weighted by molar-refractivity contribution is 0.199. The van der Waals surface area contributed by atoms with Crippen LogP contribution in [0, 0.1) is 5.41 Å². The second kappa shape index (κ2) is 2.43. The zero-order valence-corrected chi connectivity index (χ0v) is 8.78. The van der Waals surface area contributed by atoms with Gasteiger partial charge in [-0.05, 0) is 31.3 Å². The highest BCUT2D eigenvalue weighted by Gasteiger charge is 2.22. The first-order valence-corrected chi connectivity index (χ1v) is 4.68. The van der Waals surface area contributed by atoms with Crippen LogP contribution in [0.2, 0.25) is 0 Å². The van der Waals surface area contributed by atoms with E-state index in [0.29, 0.717) is 5.41 Å². The van der Waals surface area contributed by atoms with Gasteiger partial charge in [0.25, 0.3) is 0 Å². The van der Waals surface area contributed by atoms with E-state index in [2.05, 4.69) is 18.4 Å². The van der Waals surface area contributed by atoms with Crippen LogP contribution in [0.5, 0.6) is 0 Å². The predicted octanol–water partition coefficient (Wildman–Crippen LogP) is 0.389. The van der Waals surface area contributed by atoms with Crippen LogP contribution in [0.25, 0.3) is 0 Å². The molecular weight excluding hydrogens is 126 g/mol. The second-order valence-corrected chi connectivity index (χ2v) is 5.23. The van der Waals surface area contributed by atoms with Gasteiger partial charge in [-0.15, -0.1) is 0 Å². The number of hydrogen-bond donors (Lipinski definition) is 0. The Morgan fingerprint density at radius 1 is 1.22 bits per heavy atom. The molecule has 1 nitrogen and oxygen atoms in total. The normalized spacial score (nSPS) is 28.7. The molecule has 1 saturated heterocycles. The van der Waals surface area contributed by atoms with Crippen LogP contribution in [0.1, 0.15) is 26.7 Å². The molecule has 0 spiro atoms. The van der Waals surface area contributed by atoms with Gasteiger partial charge in [0.1, 0.15) is 0 Å². The van der Waals surface area contributed by atoms with E-state index in [-0.39, 0.29) is 0 Å². The maximum Gasteiger partial charge on any atom is 0.0784 e. The van der Waals surface area contributed by atoms with Crippen LogP contribution < -0.4 is 0 Å². The molecule has 1 aliphatic heterocycles. The molecule has 0 amide bonds. The van der Waals surface area contributed by atoms with Crippen molar-refractivity contribution < 1.29 is 0 Å².